The first kappa shape index (κ1) is 18.7. The van der Waals surface area contributed by atoms with Crippen LogP contribution in [0, 0.1) is 18.8 Å². The van der Waals surface area contributed by atoms with Gasteiger partial charge in [0.1, 0.15) is 5.82 Å². The molecule has 7 heteroatoms. The smallest absolute Gasteiger partial charge is 0.228 e. The number of aryl methyl sites for hydroxylation is 1. The number of carbonyl (C=O) groups is 2. The Morgan fingerprint density at radius 1 is 1.11 bits per heavy atom. The third kappa shape index (κ3) is 3.97. The summed E-state index contributed by atoms with van der Waals surface area (Å²) in [6.45, 7) is 4.75. The highest BCUT2D eigenvalue weighted by molar-refractivity contribution is 6.31. The van der Waals surface area contributed by atoms with Gasteiger partial charge in [0.05, 0.1) is 11.8 Å². The predicted molar refractivity (Wildman–Crippen MR) is 109 cm³/mol. The Kier molecular flexibility index (Phi) is 5.22. The van der Waals surface area contributed by atoms with Gasteiger partial charge in [-0.25, -0.2) is 4.98 Å². The van der Waals surface area contributed by atoms with E-state index in [9.17, 15) is 9.59 Å². The van der Waals surface area contributed by atoms with Crippen LogP contribution in [0.3, 0.4) is 0 Å². The summed E-state index contributed by atoms with van der Waals surface area (Å²) >= 11 is 6.11. The van der Waals surface area contributed by atoms with Crippen molar-refractivity contribution in [1.29, 1.82) is 0 Å². The van der Waals surface area contributed by atoms with Crippen molar-refractivity contribution in [3.8, 4) is 0 Å². The van der Waals surface area contributed by atoms with Crippen LogP contribution in [0.1, 0.15) is 12.0 Å². The topological polar surface area (TPSA) is 65.5 Å². The first-order valence-corrected chi connectivity index (χ1v) is 9.92. The van der Waals surface area contributed by atoms with Crippen LogP contribution in [0.4, 0.5) is 11.5 Å². The van der Waals surface area contributed by atoms with Gasteiger partial charge in [-0.2, -0.15) is 0 Å². The standard InChI is InChI=1S/C21H23ClN4O2/c1-14-5-6-15(12-18(14)22)24-20(27)16-13-17(16)21(28)26-10-8-25(9-11-26)19-4-2-3-7-23-19/h2-7,12,16-17H,8-11,13H2,1H3,(H,24,27). The van der Waals surface area contributed by atoms with Gasteiger partial charge in [0, 0.05) is 43.1 Å². The zero-order chi connectivity index (χ0) is 19.7. The fraction of sp³-hybridized carbons (Fsp3) is 0.381. The lowest BCUT2D eigenvalue weighted by Gasteiger charge is -2.35. The number of amides is 2. The number of pyridine rings is 1. The summed E-state index contributed by atoms with van der Waals surface area (Å²) in [5.74, 6) is 0.465. The SMILES string of the molecule is Cc1ccc(NC(=O)C2CC2C(=O)N2CCN(c3ccccn3)CC2)cc1Cl. The highest BCUT2D eigenvalue weighted by atomic mass is 35.5. The molecule has 0 radical (unpaired) electrons. The summed E-state index contributed by atoms with van der Waals surface area (Å²) in [6.07, 6.45) is 2.40. The lowest BCUT2D eigenvalue weighted by Crippen LogP contribution is -2.49. The van der Waals surface area contributed by atoms with Gasteiger partial charge in [-0.15, -0.1) is 0 Å². The van der Waals surface area contributed by atoms with Crippen molar-refractivity contribution in [1.82, 2.24) is 9.88 Å². The maximum atomic E-state index is 12.8. The maximum absolute atomic E-state index is 12.8. The molecule has 1 saturated heterocycles. The molecular weight excluding hydrogens is 376 g/mol. The molecule has 4 rings (SSSR count). The average molecular weight is 399 g/mol. The van der Waals surface area contributed by atoms with Gasteiger partial charge in [0.2, 0.25) is 11.8 Å². The first-order chi connectivity index (χ1) is 13.5. The second-order valence-corrected chi connectivity index (χ2v) is 7.81. The molecule has 2 atom stereocenters. The minimum atomic E-state index is -0.249. The van der Waals surface area contributed by atoms with E-state index < -0.39 is 0 Å². The molecule has 1 aromatic carbocycles. The van der Waals surface area contributed by atoms with Crippen LogP contribution >= 0.6 is 11.6 Å². The zero-order valence-corrected chi connectivity index (χ0v) is 16.5. The number of anilines is 2. The van der Waals surface area contributed by atoms with E-state index in [4.69, 9.17) is 11.6 Å². The number of carbonyl (C=O) groups excluding carboxylic acids is 2. The minimum Gasteiger partial charge on any atom is -0.353 e. The van der Waals surface area contributed by atoms with Gasteiger partial charge < -0.3 is 15.1 Å². The van der Waals surface area contributed by atoms with Crippen LogP contribution in [0.2, 0.25) is 5.02 Å². The highest BCUT2D eigenvalue weighted by Crippen LogP contribution is 2.41. The number of benzene rings is 1. The van der Waals surface area contributed by atoms with Crippen LogP contribution in [0.15, 0.2) is 42.6 Å². The Morgan fingerprint density at radius 3 is 2.57 bits per heavy atom. The van der Waals surface area contributed by atoms with E-state index in [0.29, 0.717) is 30.2 Å². The molecular formula is C21H23ClN4O2. The fourth-order valence-corrected chi connectivity index (χ4v) is 3.78. The van der Waals surface area contributed by atoms with E-state index in [1.165, 1.54) is 0 Å². The van der Waals surface area contributed by atoms with Gasteiger partial charge in [-0.3, -0.25) is 9.59 Å². The Hall–Kier alpha value is -2.60. The molecule has 2 aromatic rings. The van der Waals surface area contributed by atoms with Crippen molar-refractivity contribution >= 4 is 34.9 Å². The van der Waals surface area contributed by atoms with Crippen LogP contribution in [-0.4, -0.2) is 47.9 Å². The van der Waals surface area contributed by atoms with Gasteiger partial charge >= 0.3 is 0 Å². The number of hydrogen-bond acceptors (Lipinski definition) is 4. The quantitative estimate of drug-likeness (QED) is 0.859. The zero-order valence-electron chi connectivity index (χ0n) is 15.8. The van der Waals surface area contributed by atoms with Gasteiger partial charge in [0.15, 0.2) is 0 Å². The summed E-state index contributed by atoms with van der Waals surface area (Å²) in [5, 5.41) is 3.50. The monoisotopic (exact) mass is 398 g/mol. The molecule has 0 bridgehead atoms. The molecule has 1 aliphatic carbocycles. The fourth-order valence-electron chi connectivity index (χ4n) is 3.59. The van der Waals surface area contributed by atoms with E-state index in [0.717, 1.165) is 24.5 Å². The minimum absolute atomic E-state index is 0.0859. The van der Waals surface area contributed by atoms with Crippen molar-refractivity contribution in [2.45, 2.75) is 13.3 Å². The Balaban J connectivity index is 1.28. The van der Waals surface area contributed by atoms with Gasteiger partial charge in [-0.1, -0.05) is 23.7 Å². The normalized spacial score (nSPS) is 21.4. The number of rotatable bonds is 4. The lowest BCUT2D eigenvalue weighted by atomic mass is 10.2. The van der Waals surface area contributed by atoms with E-state index in [2.05, 4.69) is 15.2 Å². The Labute approximate surface area is 169 Å². The molecule has 2 heterocycles. The van der Waals surface area contributed by atoms with Crippen molar-refractivity contribution in [3.05, 3.63) is 53.2 Å². The molecule has 2 fully saturated rings. The van der Waals surface area contributed by atoms with Crippen LogP contribution < -0.4 is 10.2 Å². The van der Waals surface area contributed by atoms with E-state index in [1.807, 2.05) is 42.2 Å². The third-order valence-corrected chi connectivity index (χ3v) is 5.86. The highest BCUT2D eigenvalue weighted by Gasteiger charge is 2.49. The second-order valence-electron chi connectivity index (χ2n) is 7.40. The molecule has 2 unspecified atom stereocenters. The Bertz CT molecular complexity index is 881. The predicted octanol–water partition coefficient (Wildman–Crippen LogP) is 2.97. The molecule has 1 saturated carbocycles. The summed E-state index contributed by atoms with van der Waals surface area (Å²) in [6, 6.07) is 11.3. The number of aromatic nitrogens is 1. The second kappa shape index (κ2) is 7.80. The number of nitrogens with one attached hydrogen (secondary N) is 1. The molecule has 1 aromatic heterocycles. The summed E-state index contributed by atoms with van der Waals surface area (Å²) in [5.41, 5.74) is 1.63. The summed E-state index contributed by atoms with van der Waals surface area (Å²) in [4.78, 5) is 33.6. The van der Waals surface area contributed by atoms with Gasteiger partial charge in [0.25, 0.3) is 0 Å². The number of hydrogen-bond donors (Lipinski definition) is 1. The van der Waals surface area contributed by atoms with E-state index in [1.54, 1.807) is 12.3 Å². The molecule has 0 spiro atoms. The van der Waals surface area contributed by atoms with Gasteiger partial charge in [-0.05, 0) is 43.2 Å². The molecule has 1 N–H and O–H groups in total. The van der Waals surface area contributed by atoms with Crippen molar-refractivity contribution in [3.63, 3.8) is 0 Å². The number of halogens is 1. The van der Waals surface area contributed by atoms with Crippen molar-refractivity contribution in [2.75, 3.05) is 36.4 Å². The summed E-state index contributed by atoms with van der Waals surface area (Å²) in [7, 11) is 0. The van der Waals surface area contributed by atoms with E-state index in [-0.39, 0.29) is 23.7 Å². The Morgan fingerprint density at radius 2 is 1.89 bits per heavy atom. The largest absolute Gasteiger partial charge is 0.353 e. The van der Waals surface area contributed by atoms with Crippen LogP contribution in [0.5, 0.6) is 0 Å². The van der Waals surface area contributed by atoms with Crippen molar-refractivity contribution in [2.24, 2.45) is 11.8 Å². The molecule has 28 heavy (non-hydrogen) atoms. The number of piperazine rings is 1. The average Bonchev–Trinajstić information content (AvgIpc) is 3.52. The maximum Gasteiger partial charge on any atom is 0.228 e. The van der Waals surface area contributed by atoms with Crippen LogP contribution in [-0.2, 0) is 9.59 Å². The third-order valence-electron chi connectivity index (χ3n) is 5.45. The van der Waals surface area contributed by atoms with Crippen molar-refractivity contribution < 1.29 is 9.59 Å². The molecule has 6 nitrogen and oxygen atoms in total. The molecule has 2 amide bonds. The summed E-state index contributed by atoms with van der Waals surface area (Å²) < 4.78 is 0. The first-order valence-electron chi connectivity index (χ1n) is 9.55. The molecule has 146 valence electrons. The molecule has 2 aliphatic rings. The lowest BCUT2D eigenvalue weighted by molar-refractivity contribution is -0.134. The molecule has 1 aliphatic heterocycles. The van der Waals surface area contributed by atoms with E-state index >= 15 is 0 Å². The van der Waals surface area contributed by atoms with Crippen LogP contribution in [0.25, 0.3) is 0 Å². The number of nitrogens with zero attached hydrogens (tertiary/aromatic N) is 3.